The van der Waals surface area contributed by atoms with Crippen LogP contribution in [0.1, 0.15) is 17.3 Å². The topological polar surface area (TPSA) is 127 Å². The molecule has 0 fully saturated rings. The van der Waals surface area contributed by atoms with E-state index in [1.807, 2.05) is 31.2 Å². The van der Waals surface area contributed by atoms with Gasteiger partial charge in [-0.2, -0.15) is 0 Å². The summed E-state index contributed by atoms with van der Waals surface area (Å²) in [5, 5.41) is 9.29. The maximum absolute atomic E-state index is 14.1. The maximum atomic E-state index is 14.1. The summed E-state index contributed by atoms with van der Waals surface area (Å²) in [4.78, 5) is 26.8. The smallest absolute Gasteiger partial charge is 0.261 e. The van der Waals surface area contributed by atoms with Crippen molar-refractivity contribution in [2.75, 3.05) is 36.1 Å². The molecule has 0 aliphatic carbocycles. The number of hydrogen-bond acceptors (Lipinski definition) is 9. The lowest BCUT2D eigenvalue weighted by Crippen LogP contribution is -2.20. The predicted octanol–water partition coefficient (Wildman–Crippen LogP) is 6.11. The fourth-order valence-corrected chi connectivity index (χ4v) is 4.94. The molecule has 0 bridgehead atoms. The van der Waals surface area contributed by atoms with Gasteiger partial charge in [0.2, 0.25) is 5.95 Å². The number of thiazole rings is 1. The molecule has 0 atom stereocenters. The maximum Gasteiger partial charge on any atom is 0.261 e. The van der Waals surface area contributed by atoms with Crippen LogP contribution in [0.2, 0.25) is 0 Å². The molecule has 1 amide bonds. The number of ether oxygens (including phenoxy) is 1. The van der Waals surface area contributed by atoms with Crippen LogP contribution in [0, 0.1) is 11.6 Å². The second-order valence-electron chi connectivity index (χ2n) is 8.98. The number of carbonyl (C=O) groups is 1. The Balaban J connectivity index is 1.36. The summed E-state index contributed by atoms with van der Waals surface area (Å²) in [6, 6.07) is 19.3. The van der Waals surface area contributed by atoms with Crippen LogP contribution in [-0.2, 0) is 0 Å². The standard InChI is InChI=1S/C30H27F2N7O2S/c1-2-34-14-15-41-21-9-4-8-20(17-21)37-30-35-13-12-24(38-30)27-26(39-29(33)42-27)18-6-3-7-19(16-18)36-28(40)25-22(31)10-5-11-23(25)32/h3-13,16-17,34H,2,14-15H2,1H3,(H2,33,39)(H,36,40)(H,35,37,38). The van der Waals surface area contributed by atoms with E-state index in [1.54, 1.807) is 36.5 Å². The number of amides is 1. The minimum Gasteiger partial charge on any atom is -0.492 e. The number of anilines is 4. The highest BCUT2D eigenvalue weighted by molar-refractivity contribution is 7.19. The monoisotopic (exact) mass is 587 g/mol. The Kier molecular flexibility index (Phi) is 8.95. The summed E-state index contributed by atoms with van der Waals surface area (Å²) < 4.78 is 34.0. The van der Waals surface area contributed by atoms with Crippen LogP contribution in [0.4, 0.5) is 31.2 Å². The molecule has 5 rings (SSSR count). The zero-order chi connectivity index (χ0) is 29.5. The first-order valence-electron chi connectivity index (χ1n) is 13.1. The first kappa shape index (κ1) is 28.6. The number of nitrogens with one attached hydrogen (secondary N) is 3. The van der Waals surface area contributed by atoms with Gasteiger partial charge < -0.3 is 26.4 Å². The molecule has 0 unspecified atom stereocenters. The van der Waals surface area contributed by atoms with Crippen molar-refractivity contribution in [3.63, 3.8) is 0 Å². The minimum atomic E-state index is -0.949. The van der Waals surface area contributed by atoms with Gasteiger partial charge in [0.25, 0.3) is 5.91 Å². The van der Waals surface area contributed by atoms with Gasteiger partial charge in [0, 0.05) is 35.7 Å². The Labute approximate surface area is 244 Å². The van der Waals surface area contributed by atoms with E-state index in [-0.39, 0.29) is 0 Å². The Morgan fingerprint density at radius 1 is 0.976 bits per heavy atom. The van der Waals surface area contributed by atoms with E-state index in [4.69, 9.17) is 10.5 Å². The van der Waals surface area contributed by atoms with E-state index in [0.29, 0.717) is 45.2 Å². The molecule has 214 valence electrons. The second-order valence-corrected chi connectivity index (χ2v) is 10.0. The first-order valence-corrected chi connectivity index (χ1v) is 13.9. The van der Waals surface area contributed by atoms with Crippen LogP contribution in [0.5, 0.6) is 5.75 Å². The van der Waals surface area contributed by atoms with Crippen molar-refractivity contribution in [3.8, 4) is 27.6 Å². The molecule has 2 heterocycles. The summed E-state index contributed by atoms with van der Waals surface area (Å²) in [5.74, 6) is -1.72. The number of nitrogens with zero attached hydrogens (tertiary/aromatic N) is 3. The molecule has 0 radical (unpaired) electrons. The number of nitrogens with two attached hydrogens (primary N) is 1. The zero-order valence-corrected chi connectivity index (χ0v) is 23.3. The van der Waals surface area contributed by atoms with Crippen LogP contribution in [-0.4, -0.2) is 40.6 Å². The molecule has 0 saturated heterocycles. The van der Waals surface area contributed by atoms with Gasteiger partial charge in [0.05, 0.1) is 16.3 Å². The van der Waals surface area contributed by atoms with Crippen LogP contribution in [0.15, 0.2) is 79.0 Å². The van der Waals surface area contributed by atoms with E-state index < -0.39 is 23.1 Å². The summed E-state index contributed by atoms with van der Waals surface area (Å²) in [5.41, 5.74) is 8.26. The number of hydrogen-bond donors (Lipinski definition) is 4. The highest BCUT2D eigenvalue weighted by atomic mass is 32.1. The van der Waals surface area contributed by atoms with Crippen molar-refractivity contribution >= 4 is 39.7 Å². The van der Waals surface area contributed by atoms with E-state index >= 15 is 0 Å². The normalized spacial score (nSPS) is 10.8. The van der Waals surface area contributed by atoms with Gasteiger partial charge in [0.15, 0.2) is 5.13 Å². The lowest BCUT2D eigenvalue weighted by Gasteiger charge is -2.10. The van der Waals surface area contributed by atoms with Crippen molar-refractivity contribution in [1.29, 1.82) is 0 Å². The summed E-state index contributed by atoms with van der Waals surface area (Å²) >= 11 is 1.25. The number of carbonyl (C=O) groups excluding carboxylic acids is 1. The molecular formula is C30H27F2N7O2S. The molecule has 5 N–H and O–H groups in total. The molecular weight excluding hydrogens is 560 g/mol. The molecule has 9 nitrogen and oxygen atoms in total. The van der Waals surface area contributed by atoms with E-state index in [9.17, 15) is 13.6 Å². The molecule has 3 aromatic carbocycles. The molecule has 5 aromatic rings. The number of benzene rings is 3. The number of likely N-dealkylation sites (N-methyl/N-ethyl adjacent to an activating group) is 1. The SMILES string of the molecule is CCNCCOc1cccc(Nc2nccc(-c3sc(N)nc3-c3cccc(NC(=O)c4c(F)cccc4F)c3)n2)c1. The third-order valence-electron chi connectivity index (χ3n) is 6.00. The predicted molar refractivity (Wildman–Crippen MR) is 161 cm³/mol. The number of halogens is 2. The largest absolute Gasteiger partial charge is 0.492 e. The molecule has 12 heteroatoms. The zero-order valence-electron chi connectivity index (χ0n) is 22.5. The van der Waals surface area contributed by atoms with Crippen molar-refractivity contribution < 1.29 is 18.3 Å². The van der Waals surface area contributed by atoms with Gasteiger partial charge in [-0.1, -0.05) is 42.5 Å². The highest BCUT2D eigenvalue weighted by Gasteiger charge is 2.19. The van der Waals surface area contributed by atoms with E-state index in [1.165, 1.54) is 17.4 Å². The first-order chi connectivity index (χ1) is 20.4. The second kappa shape index (κ2) is 13.1. The fourth-order valence-electron chi connectivity index (χ4n) is 4.11. The summed E-state index contributed by atoms with van der Waals surface area (Å²) in [6.45, 7) is 4.21. The van der Waals surface area contributed by atoms with Gasteiger partial charge in [0.1, 0.15) is 29.6 Å². The van der Waals surface area contributed by atoms with Crippen molar-refractivity contribution in [2.45, 2.75) is 6.92 Å². The van der Waals surface area contributed by atoms with Crippen LogP contribution >= 0.6 is 11.3 Å². The molecule has 42 heavy (non-hydrogen) atoms. The lowest BCUT2D eigenvalue weighted by atomic mass is 10.1. The van der Waals surface area contributed by atoms with Gasteiger partial charge in [-0.3, -0.25) is 4.79 Å². The average molecular weight is 588 g/mol. The van der Waals surface area contributed by atoms with E-state index in [0.717, 1.165) is 36.7 Å². The lowest BCUT2D eigenvalue weighted by molar-refractivity contribution is 0.101. The van der Waals surface area contributed by atoms with Gasteiger partial charge in [-0.05, 0) is 49.0 Å². The van der Waals surface area contributed by atoms with Gasteiger partial charge in [-0.15, -0.1) is 0 Å². The number of rotatable bonds is 11. The Bertz CT molecular complexity index is 1690. The van der Waals surface area contributed by atoms with Crippen LogP contribution < -0.4 is 26.4 Å². The van der Waals surface area contributed by atoms with Gasteiger partial charge in [-0.25, -0.2) is 23.7 Å². The third-order valence-corrected chi connectivity index (χ3v) is 6.91. The Hall–Kier alpha value is -4.94. The molecule has 0 spiro atoms. The molecule has 0 aliphatic heterocycles. The van der Waals surface area contributed by atoms with Crippen molar-refractivity contribution in [1.82, 2.24) is 20.3 Å². The Morgan fingerprint density at radius 2 is 1.74 bits per heavy atom. The molecule has 0 saturated carbocycles. The van der Waals surface area contributed by atoms with Crippen molar-refractivity contribution in [3.05, 3.63) is 96.2 Å². The third kappa shape index (κ3) is 6.85. The van der Waals surface area contributed by atoms with E-state index in [2.05, 4.69) is 30.9 Å². The van der Waals surface area contributed by atoms with Gasteiger partial charge >= 0.3 is 0 Å². The summed E-state index contributed by atoms with van der Waals surface area (Å²) in [7, 11) is 0. The fraction of sp³-hybridized carbons (Fsp3) is 0.133. The van der Waals surface area contributed by atoms with Crippen molar-refractivity contribution in [2.24, 2.45) is 0 Å². The molecule has 2 aromatic heterocycles. The molecule has 0 aliphatic rings. The van der Waals surface area contributed by atoms with Crippen LogP contribution in [0.25, 0.3) is 21.8 Å². The highest BCUT2D eigenvalue weighted by Crippen LogP contribution is 2.38. The average Bonchev–Trinajstić information content (AvgIpc) is 3.37. The quantitative estimate of drug-likeness (QED) is 0.136. The summed E-state index contributed by atoms with van der Waals surface area (Å²) in [6.07, 6.45) is 1.63. The number of aromatic nitrogens is 3. The number of nitrogen functional groups attached to an aromatic ring is 1. The van der Waals surface area contributed by atoms with Crippen LogP contribution in [0.3, 0.4) is 0 Å². The Morgan fingerprint density at radius 3 is 2.55 bits per heavy atom. The minimum absolute atomic E-state index is 0.318.